The minimum atomic E-state index is -5.55. The van der Waals surface area contributed by atoms with Crippen molar-refractivity contribution in [1.29, 1.82) is 0 Å². The number of hydrogen-bond donors (Lipinski definition) is 0. The van der Waals surface area contributed by atoms with E-state index in [4.69, 9.17) is 0 Å². The van der Waals surface area contributed by atoms with Gasteiger partial charge in [0.05, 0.1) is 27.8 Å². The SMILES string of the molecule is O=C(c1cc(C(F)(F)F)cc(C(F)(F)F)c1)c1ccc(-c2cc(C(F)(F)F)cc(C(F)(F)F)c2)c(C(F)(F)F)c1. The molecule has 40 heavy (non-hydrogen) atoms. The zero-order valence-electron chi connectivity index (χ0n) is 18.8. The van der Waals surface area contributed by atoms with Crippen LogP contribution in [0, 0.1) is 0 Å². The molecule has 0 spiro atoms. The average Bonchev–Trinajstić information content (AvgIpc) is 2.80. The molecule has 0 aliphatic heterocycles. The van der Waals surface area contributed by atoms with E-state index in [0.29, 0.717) is 6.07 Å². The molecule has 3 aromatic rings. The second-order valence-electron chi connectivity index (χ2n) is 8.18. The number of carbonyl (C=O) groups is 1. The highest BCUT2D eigenvalue weighted by Gasteiger charge is 2.40. The minimum absolute atomic E-state index is 0.0241. The monoisotopic (exact) mass is 598 g/mol. The molecule has 0 atom stereocenters. The van der Waals surface area contributed by atoms with Gasteiger partial charge >= 0.3 is 30.9 Å². The molecule has 0 saturated heterocycles. The van der Waals surface area contributed by atoms with E-state index in [1.54, 1.807) is 0 Å². The molecule has 0 heterocycles. The standard InChI is InChI=1S/C24H9F15O/c25-20(26,27)13-3-11(4-14(8-13)21(28,29)30)17-2-1-10(7-18(17)24(37,38)39)19(40)12-5-15(22(31,32)33)9-16(6-12)23(34,35)36/h1-9H. The quantitative estimate of drug-likeness (QED) is 0.217. The van der Waals surface area contributed by atoms with Crippen molar-refractivity contribution in [3.8, 4) is 11.1 Å². The Bertz CT molecular complexity index is 1370. The maximum atomic E-state index is 13.8. The van der Waals surface area contributed by atoms with Gasteiger partial charge in [-0.2, -0.15) is 65.9 Å². The number of halogens is 15. The van der Waals surface area contributed by atoms with Crippen molar-refractivity contribution < 1.29 is 70.7 Å². The van der Waals surface area contributed by atoms with E-state index in [1.165, 1.54) is 0 Å². The molecular weight excluding hydrogens is 589 g/mol. The Morgan fingerprint density at radius 3 is 1.15 bits per heavy atom. The Hall–Kier alpha value is -3.72. The fourth-order valence-corrected chi connectivity index (χ4v) is 3.53. The van der Waals surface area contributed by atoms with Crippen molar-refractivity contribution in [3.05, 3.63) is 93.5 Å². The summed E-state index contributed by atoms with van der Waals surface area (Å²) in [6.07, 6.45) is -27.2. The molecule has 0 aliphatic rings. The summed E-state index contributed by atoms with van der Waals surface area (Å²) in [4.78, 5) is 12.7. The first-order chi connectivity index (χ1) is 17.9. The van der Waals surface area contributed by atoms with E-state index in [-0.39, 0.29) is 48.5 Å². The minimum Gasteiger partial charge on any atom is -0.289 e. The third-order valence-electron chi connectivity index (χ3n) is 5.34. The van der Waals surface area contributed by atoms with E-state index in [1.807, 2.05) is 0 Å². The zero-order valence-corrected chi connectivity index (χ0v) is 18.8. The van der Waals surface area contributed by atoms with Gasteiger partial charge in [0.25, 0.3) is 0 Å². The smallest absolute Gasteiger partial charge is 0.289 e. The van der Waals surface area contributed by atoms with Crippen molar-refractivity contribution in [2.24, 2.45) is 0 Å². The lowest BCUT2D eigenvalue weighted by Crippen LogP contribution is -2.15. The Balaban J connectivity index is 2.26. The van der Waals surface area contributed by atoms with Crippen LogP contribution in [0.5, 0.6) is 0 Å². The summed E-state index contributed by atoms with van der Waals surface area (Å²) in [5, 5.41) is 0. The van der Waals surface area contributed by atoms with Gasteiger partial charge in [-0.15, -0.1) is 0 Å². The molecule has 0 unspecified atom stereocenters. The third kappa shape index (κ3) is 6.70. The highest BCUT2D eigenvalue weighted by Crippen LogP contribution is 2.43. The van der Waals surface area contributed by atoms with Gasteiger partial charge < -0.3 is 0 Å². The van der Waals surface area contributed by atoms with Gasteiger partial charge in [-0.1, -0.05) is 12.1 Å². The normalized spacial score (nSPS) is 13.5. The topological polar surface area (TPSA) is 17.1 Å². The number of ketones is 1. The molecular formula is C24H9F15O. The van der Waals surface area contributed by atoms with E-state index in [0.717, 1.165) is 0 Å². The number of hydrogen-bond acceptors (Lipinski definition) is 1. The van der Waals surface area contributed by atoms with Crippen LogP contribution < -0.4 is 0 Å². The summed E-state index contributed by atoms with van der Waals surface area (Å²) in [5.74, 6) is -1.77. The molecule has 0 N–H and O–H groups in total. The van der Waals surface area contributed by atoms with Crippen LogP contribution in [0.15, 0.2) is 54.6 Å². The molecule has 0 saturated carbocycles. The Kier molecular flexibility index (Phi) is 7.49. The first-order valence-electron chi connectivity index (χ1n) is 10.2. The molecule has 3 rings (SSSR count). The van der Waals surface area contributed by atoms with E-state index >= 15 is 0 Å². The van der Waals surface area contributed by atoms with Gasteiger partial charge in [0.15, 0.2) is 5.78 Å². The number of alkyl halides is 15. The van der Waals surface area contributed by atoms with Crippen molar-refractivity contribution in [3.63, 3.8) is 0 Å². The van der Waals surface area contributed by atoms with Crippen molar-refractivity contribution in [1.82, 2.24) is 0 Å². The van der Waals surface area contributed by atoms with Crippen molar-refractivity contribution in [2.45, 2.75) is 30.9 Å². The van der Waals surface area contributed by atoms with Crippen LogP contribution in [0.3, 0.4) is 0 Å². The highest BCUT2D eigenvalue weighted by atomic mass is 19.4. The molecule has 0 fully saturated rings. The number of rotatable bonds is 3. The fraction of sp³-hybridized carbons (Fsp3) is 0.208. The second kappa shape index (κ2) is 9.73. The lowest BCUT2D eigenvalue weighted by atomic mass is 9.91. The maximum Gasteiger partial charge on any atom is 0.417 e. The third-order valence-corrected chi connectivity index (χ3v) is 5.34. The van der Waals surface area contributed by atoms with Gasteiger partial charge in [-0.3, -0.25) is 4.79 Å². The van der Waals surface area contributed by atoms with Gasteiger partial charge in [-0.05, 0) is 53.6 Å². The first-order valence-corrected chi connectivity index (χ1v) is 10.2. The largest absolute Gasteiger partial charge is 0.417 e. The number of benzene rings is 3. The van der Waals surface area contributed by atoms with Crippen LogP contribution in [0.1, 0.15) is 43.7 Å². The summed E-state index contributed by atoms with van der Waals surface area (Å²) >= 11 is 0. The Labute approximate surface area is 212 Å². The highest BCUT2D eigenvalue weighted by molar-refractivity contribution is 6.09. The fourth-order valence-electron chi connectivity index (χ4n) is 3.53. The van der Waals surface area contributed by atoms with Crippen LogP contribution >= 0.6 is 0 Å². The summed E-state index contributed by atoms with van der Waals surface area (Å²) < 4.78 is 199. The van der Waals surface area contributed by atoms with E-state index < -0.39 is 86.7 Å². The molecule has 1 nitrogen and oxygen atoms in total. The molecule has 0 aliphatic carbocycles. The molecule has 3 aromatic carbocycles. The van der Waals surface area contributed by atoms with Crippen molar-refractivity contribution in [2.75, 3.05) is 0 Å². The summed E-state index contributed by atoms with van der Waals surface area (Å²) in [5.41, 5.74) is -14.8. The summed E-state index contributed by atoms with van der Waals surface area (Å²) in [6, 6.07) is -0.250. The van der Waals surface area contributed by atoms with Crippen LogP contribution in [-0.2, 0) is 30.9 Å². The van der Waals surface area contributed by atoms with E-state index in [9.17, 15) is 70.7 Å². The second-order valence-corrected chi connectivity index (χ2v) is 8.18. The average molecular weight is 598 g/mol. The first kappa shape index (κ1) is 30.8. The molecule has 0 amide bonds. The molecule has 16 heteroatoms. The Morgan fingerprint density at radius 1 is 0.425 bits per heavy atom. The van der Waals surface area contributed by atoms with Crippen LogP contribution in [0.25, 0.3) is 11.1 Å². The van der Waals surface area contributed by atoms with Crippen LogP contribution in [-0.4, -0.2) is 5.78 Å². The van der Waals surface area contributed by atoms with Gasteiger partial charge in [0, 0.05) is 11.1 Å². The lowest BCUT2D eigenvalue weighted by molar-refractivity contribution is -0.144. The summed E-state index contributed by atoms with van der Waals surface area (Å²) in [7, 11) is 0. The lowest BCUT2D eigenvalue weighted by Gasteiger charge is -2.18. The molecule has 0 bridgehead atoms. The van der Waals surface area contributed by atoms with Gasteiger partial charge in [0.2, 0.25) is 0 Å². The maximum absolute atomic E-state index is 13.8. The van der Waals surface area contributed by atoms with Crippen LogP contribution in [0.4, 0.5) is 65.9 Å². The zero-order chi connectivity index (χ0) is 30.6. The number of carbonyl (C=O) groups excluding carboxylic acids is 1. The van der Waals surface area contributed by atoms with E-state index in [2.05, 4.69) is 0 Å². The van der Waals surface area contributed by atoms with Gasteiger partial charge in [-0.25, -0.2) is 0 Å². The predicted molar refractivity (Wildman–Crippen MR) is 107 cm³/mol. The molecule has 0 aromatic heterocycles. The Morgan fingerprint density at radius 2 is 0.800 bits per heavy atom. The summed E-state index contributed by atoms with van der Waals surface area (Å²) in [6.45, 7) is 0. The molecule has 216 valence electrons. The molecule has 0 radical (unpaired) electrons. The van der Waals surface area contributed by atoms with Crippen LogP contribution in [0.2, 0.25) is 0 Å². The van der Waals surface area contributed by atoms with Crippen molar-refractivity contribution >= 4 is 5.78 Å². The predicted octanol–water partition coefficient (Wildman–Crippen LogP) is 9.68. The van der Waals surface area contributed by atoms with Gasteiger partial charge in [0.1, 0.15) is 0 Å².